The number of rotatable bonds is 7. The van der Waals surface area contributed by atoms with E-state index in [0.717, 1.165) is 50.1 Å². The molecule has 0 bridgehead atoms. The molecule has 28 rings (SSSR count). The van der Waals surface area contributed by atoms with E-state index in [4.69, 9.17) is 13.3 Å². The Hall–Kier alpha value is -16.6. The predicted molar refractivity (Wildman–Crippen MR) is 579 cm³/mol. The number of hydrogen-bond acceptors (Lipinski definition) is 5. The molecular weight excluding hydrogens is 1680 g/mol. The highest BCUT2D eigenvalue weighted by atomic mass is 16.3. The molecule has 0 radical (unpaired) electrons. The summed E-state index contributed by atoms with van der Waals surface area (Å²) < 4.78 is 29.9. The number of para-hydroxylation sites is 6. The zero-order valence-corrected chi connectivity index (χ0v) is 79.2. The molecule has 1 saturated carbocycles. The largest absolute Gasteiger partial charge is 0.456 e. The van der Waals surface area contributed by atoms with Crippen LogP contribution in [0.5, 0.6) is 0 Å². The highest BCUT2D eigenvalue weighted by Crippen LogP contribution is 2.47. The average Bonchev–Trinajstić information content (AvgIpc) is 1.58. The van der Waals surface area contributed by atoms with Gasteiger partial charge in [0.25, 0.3) is 0 Å². The molecular formula is C128H103N7O3. The lowest BCUT2D eigenvalue weighted by molar-refractivity contribution is 0.394. The fourth-order valence-corrected chi connectivity index (χ4v) is 22.5. The number of hydrogen-bond donors (Lipinski definition) is 0. The van der Waals surface area contributed by atoms with Crippen molar-refractivity contribution in [2.75, 3.05) is 0 Å². The Morgan fingerprint density at radius 3 is 1.24 bits per heavy atom. The van der Waals surface area contributed by atoms with Gasteiger partial charge in [-0.05, 0) is 302 Å². The summed E-state index contributed by atoms with van der Waals surface area (Å²) in [7, 11) is 2.15. The van der Waals surface area contributed by atoms with E-state index in [1.165, 1.54) is 246 Å². The molecule has 1 fully saturated rings. The van der Waals surface area contributed by atoms with E-state index in [2.05, 4.69) is 454 Å². The highest BCUT2D eigenvalue weighted by Gasteiger charge is 2.28. The first kappa shape index (κ1) is 84.4. The van der Waals surface area contributed by atoms with Crippen molar-refractivity contribution in [2.45, 2.75) is 99.8 Å². The van der Waals surface area contributed by atoms with Crippen molar-refractivity contribution >= 4 is 175 Å². The van der Waals surface area contributed by atoms with Crippen LogP contribution < -0.4 is 0 Å². The summed E-state index contributed by atoms with van der Waals surface area (Å²) >= 11 is 0. The smallest absolute Gasteiger partial charge is 0.140 e. The van der Waals surface area contributed by atoms with Crippen LogP contribution in [0.25, 0.3) is 209 Å². The van der Waals surface area contributed by atoms with Gasteiger partial charge in [-0.3, -0.25) is 4.57 Å². The van der Waals surface area contributed by atoms with Gasteiger partial charge in [0.1, 0.15) is 45.6 Å². The maximum atomic E-state index is 6.11. The molecule has 1 aliphatic rings. The van der Waals surface area contributed by atoms with Gasteiger partial charge in [-0.15, -0.1) is 0 Å². The van der Waals surface area contributed by atoms with Crippen LogP contribution in [0.15, 0.2) is 396 Å². The number of fused-ring (bicyclic) bond motifs is 24. The molecule has 138 heavy (non-hydrogen) atoms. The van der Waals surface area contributed by atoms with E-state index < -0.39 is 0 Å². The van der Waals surface area contributed by atoms with Crippen LogP contribution in [0.2, 0.25) is 0 Å². The standard InChI is InChI=1S/C32H28O2.C26H20N2.C26H19NO.C26H21N.C18H15N3/c1-19-6-10-29-25(14-19)27-17-23(8-12-31(27)33-29)21-4-3-5-22(16-21)24-9-13-32-28(18-24)26-15-20(2)7-11-30(26)34-32;1-17-11-13-26-21(15-17)20-8-4-6-10-25(20)28(26)18-12-14-24-22(16-18)19-7-3-5-9-23(19)27(24)2;1-16-11-12-17(2)26-25(16)20-8-3-5-9-22(20)27(26)18-13-14-24-21(15-18)19-7-4-6-10-23(19)28-24;1-18-7-5-8-20(15-18)21-9-6-10-22(17-21)27-25-12-4-3-11-23(25)24-16-19(2)13-14-26(24)27;1-12-9-13(2)18-15(10-12)14-5-3-4-6-16(14)21(18)17-7-8-19-11-20-17/h6-15,17-18,21-22H,3-5,16H2,1-2H3;3-16H,1-2H3;3-15H,1-2H3;3-17H,1-2H3;3-11H,1-2H3. The number of aromatic nitrogens is 7. The minimum Gasteiger partial charge on any atom is -0.456 e. The molecule has 1 aliphatic carbocycles. The van der Waals surface area contributed by atoms with Gasteiger partial charge >= 0.3 is 0 Å². The summed E-state index contributed by atoms with van der Waals surface area (Å²) in [5.41, 5.74) is 38.8. The topological polar surface area (TPSA) is 89.8 Å². The first-order valence-electron chi connectivity index (χ1n) is 48.2. The zero-order chi connectivity index (χ0) is 93.2. The van der Waals surface area contributed by atoms with Gasteiger partial charge in [0.05, 0.1) is 44.1 Å². The maximum Gasteiger partial charge on any atom is 0.140 e. The van der Waals surface area contributed by atoms with Gasteiger partial charge < -0.3 is 31.5 Å². The fourth-order valence-electron chi connectivity index (χ4n) is 22.5. The Morgan fingerprint density at radius 1 is 0.254 bits per heavy atom. The van der Waals surface area contributed by atoms with Crippen LogP contribution in [0.1, 0.15) is 98.7 Å². The summed E-state index contributed by atoms with van der Waals surface area (Å²) in [6, 6.07) is 133. The fraction of sp³-hybridized carbons (Fsp3) is 0.125. The van der Waals surface area contributed by atoms with E-state index in [1.807, 2.05) is 18.2 Å². The van der Waals surface area contributed by atoms with Crippen LogP contribution >= 0.6 is 0 Å². The third-order valence-corrected chi connectivity index (χ3v) is 28.9. The second-order valence-electron chi connectivity index (χ2n) is 38.2. The van der Waals surface area contributed by atoms with E-state index in [-0.39, 0.29) is 0 Å². The summed E-state index contributed by atoms with van der Waals surface area (Å²) in [5.74, 6) is 2.07. The van der Waals surface area contributed by atoms with Crippen LogP contribution in [0.4, 0.5) is 0 Å². The molecule has 2 unspecified atom stereocenters. The summed E-state index contributed by atoms with van der Waals surface area (Å²) in [5, 5.41) is 20.3. The van der Waals surface area contributed by atoms with Gasteiger partial charge in [0.2, 0.25) is 0 Å². The molecule has 10 nitrogen and oxygen atoms in total. The van der Waals surface area contributed by atoms with Gasteiger partial charge in [-0.2, -0.15) is 0 Å². The maximum absolute atomic E-state index is 6.11. The van der Waals surface area contributed by atoms with Crippen molar-refractivity contribution < 1.29 is 13.3 Å². The van der Waals surface area contributed by atoms with Crippen molar-refractivity contribution in [1.82, 2.24) is 32.8 Å². The average molecular weight is 1790 g/mol. The van der Waals surface area contributed by atoms with E-state index in [9.17, 15) is 0 Å². The first-order chi connectivity index (χ1) is 67.5. The van der Waals surface area contributed by atoms with Crippen LogP contribution in [-0.2, 0) is 7.05 Å². The Balaban J connectivity index is 0.0000000946. The SMILES string of the molecule is Cc1cc(C)c2c(c1)c1ccccc1n2-c1ccncn1.Cc1ccc(C)c2c1c1ccccc1n2-c1ccc2oc3ccccc3c2c1.Cc1ccc2c(c1)c1ccccc1n2-c1ccc2c(c1)c1ccccc1n2C.Cc1ccc2oc3ccc(C4CCCC(c5ccc6oc7ccc(C)cc7c6c5)C4)cc3c2c1.Cc1cccc(-c2cccc(-n3c4ccccc4c4cc(C)ccc43)c2)c1. The molecule has 0 amide bonds. The Kier molecular flexibility index (Phi) is 21.1. The molecule has 0 N–H and O–H groups in total. The summed E-state index contributed by atoms with van der Waals surface area (Å²) in [6.45, 7) is 19.5. The van der Waals surface area contributed by atoms with Crippen molar-refractivity contribution in [3.63, 3.8) is 0 Å². The third-order valence-electron chi connectivity index (χ3n) is 28.9. The highest BCUT2D eigenvalue weighted by molar-refractivity contribution is 6.16. The lowest BCUT2D eigenvalue weighted by atomic mass is 9.75. The molecule has 0 saturated heterocycles. The Bertz CT molecular complexity index is 9400. The monoisotopic (exact) mass is 1790 g/mol. The predicted octanol–water partition coefficient (Wildman–Crippen LogP) is 34.8. The minimum absolute atomic E-state index is 0.581. The van der Waals surface area contributed by atoms with Gasteiger partial charge in [0, 0.05) is 128 Å². The number of benzene rings is 18. The van der Waals surface area contributed by atoms with Gasteiger partial charge in [-0.25, -0.2) is 9.97 Å². The van der Waals surface area contributed by atoms with Gasteiger partial charge in [0.15, 0.2) is 0 Å². The number of nitrogens with zero attached hydrogens (tertiary/aromatic N) is 7. The molecule has 668 valence electrons. The Labute approximate surface area is 800 Å². The molecule has 0 spiro atoms. The van der Waals surface area contributed by atoms with Crippen LogP contribution in [0.3, 0.4) is 0 Å². The van der Waals surface area contributed by atoms with E-state index in [1.54, 1.807) is 12.5 Å². The number of aryl methyl sites for hydroxylation is 10. The quantitative estimate of drug-likeness (QED) is 0.159. The normalized spacial score (nSPS) is 13.5. The van der Waals surface area contributed by atoms with Crippen molar-refractivity contribution in [3.05, 3.63) is 444 Å². The van der Waals surface area contributed by atoms with Crippen molar-refractivity contribution in [1.29, 1.82) is 0 Å². The summed E-state index contributed by atoms with van der Waals surface area (Å²) in [4.78, 5) is 8.46. The Morgan fingerprint density at radius 2 is 0.652 bits per heavy atom. The van der Waals surface area contributed by atoms with E-state index >= 15 is 0 Å². The first-order valence-corrected chi connectivity index (χ1v) is 48.2. The molecule has 0 aliphatic heterocycles. The molecule has 10 heteroatoms. The zero-order valence-electron chi connectivity index (χ0n) is 79.2. The number of furan rings is 3. The van der Waals surface area contributed by atoms with Crippen LogP contribution in [-0.4, -0.2) is 32.8 Å². The van der Waals surface area contributed by atoms with Crippen molar-refractivity contribution in [3.8, 4) is 34.0 Å². The molecule has 18 aromatic carbocycles. The lowest BCUT2D eigenvalue weighted by Gasteiger charge is -2.30. The van der Waals surface area contributed by atoms with Crippen molar-refractivity contribution in [2.24, 2.45) is 7.05 Å². The van der Waals surface area contributed by atoms with E-state index in [0.29, 0.717) is 11.8 Å². The molecule has 9 heterocycles. The molecule has 27 aromatic rings. The van der Waals surface area contributed by atoms with Gasteiger partial charge in [-0.1, -0.05) is 240 Å². The second kappa shape index (κ2) is 34.4. The summed E-state index contributed by atoms with van der Waals surface area (Å²) in [6.07, 6.45) is 8.36. The van der Waals surface area contributed by atoms with Crippen LogP contribution in [0, 0.1) is 62.3 Å². The molecule has 2 atom stereocenters. The molecule has 9 aromatic heterocycles. The second-order valence-corrected chi connectivity index (χ2v) is 38.2. The third kappa shape index (κ3) is 14.8. The minimum atomic E-state index is 0.581. The lowest BCUT2D eigenvalue weighted by Crippen LogP contribution is -2.13.